The van der Waals surface area contributed by atoms with Crippen LogP contribution < -0.4 is 15.8 Å². The standard InChI is InChI=1S/C30H29F3N5O3/c1-29(2,3)41-28(40)37-17-7-10-25(37)35-27(39)20-13-11-19(12-14-20)26-34-23-16-15-21(30(31,32)33)18-24(23)38(36-26)22-8-5-4-6-9-22/h4-6,8-9,11-16,18,25H,7,10,17H2,1-3H3,(H,35,39). The third kappa shape index (κ3) is 6.29. The monoisotopic (exact) mass is 564 g/mol. The summed E-state index contributed by atoms with van der Waals surface area (Å²) < 4.78 is 45.8. The van der Waals surface area contributed by atoms with Gasteiger partial charge in [0, 0.05) is 17.7 Å². The zero-order valence-electron chi connectivity index (χ0n) is 22.8. The third-order valence-electron chi connectivity index (χ3n) is 6.54. The predicted molar refractivity (Wildman–Crippen MR) is 148 cm³/mol. The molecule has 0 saturated carbocycles. The Hall–Kier alpha value is -4.54. The van der Waals surface area contributed by atoms with Gasteiger partial charge in [0.25, 0.3) is 5.91 Å². The van der Waals surface area contributed by atoms with E-state index in [4.69, 9.17) is 4.74 Å². The number of carbonyl (C=O) groups is 2. The van der Waals surface area contributed by atoms with Gasteiger partial charge in [0.15, 0.2) is 5.84 Å². The molecule has 5 rings (SSSR count). The maximum Gasteiger partial charge on any atom is 0.416 e. The molecule has 0 spiro atoms. The summed E-state index contributed by atoms with van der Waals surface area (Å²) in [5.74, 6) is -0.0737. The van der Waals surface area contributed by atoms with E-state index in [-0.39, 0.29) is 17.4 Å². The zero-order chi connectivity index (χ0) is 29.4. The number of ether oxygens (including phenoxy) is 1. The highest BCUT2D eigenvalue weighted by Gasteiger charge is 2.35. The van der Waals surface area contributed by atoms with Crippen LogP contribution in [-0.4, -0.2) is 41.0 Å². The van der Waals surface area contributed by atoms with Crippen LogP contribution in [0.15, 0.2) is 77.8 Å². The molecule has 0 aromatic heterocycles. The first kappa shape index (κ1) is 28.0. The van der Waals surface area contributed by atoms with E-state index in [9.17, 15) is 22.8 Å². The predicted octanol–water partition coefficient (Wildman–Crippen LogP) is 6.54. The minimum absolute atomic E-state index is 0.205. The highest BCUT2D eigenvalue weighted by Crippen LogP contribution is 2.41. The number of nitrogens with one attached hydrogen (secondary N) is 1. The third-order valence-corrected chi connectivity index (χ3v) is 6.54. The van der Waals surface area contributed by atoms with Crippen LogP contribution in [-0.2, 0) is 10.9 Å². The Labute approximate surface area is 235 Å². The number of likely N-dealkylation sites (tertiary alicyclic amines) is 1. The highest BCUT2D eigenvalue weighted by molar-refractivity contribution is 6.05. The van der Waals surface area contributed by atoms with Gasteiger partial charge in [-0.1, -0.05) is 30.3 Å². The molecule has 2 amide bonds. The van der Waals surface area contributed by atoms with Crippen molar-refractivity contribution < 1.29 is 27.5 Å². The number of amidine groups is 1. The number of hydrogen-bond acceptors (Lipinski definition) is 5. The molecule has 41 heavy (non-hydrogen) atoms. The first-order valence-electron chi connectivity index (χ1n) is 13.2. The molecule has 1 unspecified atom stereocenters. The molecule has 11 heteroatoms. The molecule has 213 valence electrons. The van der Waals surface area contributed by atoms with Gasteiger partial charge in [0.1, 0.15) is 11.8 Å². The Morgan fingerprint density at radius 1 is 0.976 bits per heavy atom. The van der Waals surface area contributed by atoms with E-state index < -0.39 is 29.6 Å². The number of hydrogen-bond donors (Lipinski definition) is 1. The summed E-state index contributed by atoms with van der Waals surface area (Å²) in [5, 5.41) is 4.33. The number of halogens is 3. The van der Waals surface area contributed by atoms with Gasteiger partial charge >= 0.3 is 12.3 Å². The van der Waals surface area contributed by atoms with Gasteiger partial charge in [-0.2, -0.15) is 13.2 Å². The minimum Gasteiger partial charge on any atom is -0.444 e. The SMILES string of the molecule is CC(C)(C)OC(=O)N1CCCC1NC(=O)c1ccc(C2=Nc3ccc(C(F)(F)F)cc3N(c3ccccc3)[N]2)cc1. The number of nitrogens with zero attached hydrogens (tertiary/aromatic N) is 4. The fraction of sp³-hybridized carbons (Fsp3) is 0.300. The van der Waals surface area contributed by atoms with Crippen LogP contribution >= 0.6 is 0 Å². The second-order valence-corrected chi connectivity index (χ2v) is 10.8. The van der Waals surface area contributed by atoms with Gasteiger partial charge in [-0.25, -0.2) is 14.8 Å². The number of alkyl halides is 3. The molecule has 1 fully saturated rings. The summed E-state index contributed by atoms with van der Waals surface area (Å²) >= 11 is 0. The molecule has 2 aliphatic heterocycles. The van der Waals surface area contributed by atoms with Gasteiger partial charge in [0.05, 0.1) is 22.6 Å². The molecule has 0 aliphatic carbocycles. The molecular formula is C30H29F3N5O3. The average Bonchev–Trinajstić information content (AvgIpc) is 3.39. The molecule has 3 aromatic rings. The van der Waals surface area contributed by atoms with Gasteiger partial charge in [-0.15, -0.1) is 5.43 Å². The van der Waals surface area contributed by atoms with Crippen molar-refractivity contribution in [2.75, 3.05) is 11.6 Å². The van der Waals surface area contributed by atoms with Gasteiger partial charge < -0.3 is 10.1 Å². The van der Waals surface area contributed by atoms with E-state index in [0.717, 1.165) is 18.6 Å². The number of carbonyl (C=O) groups excluding carboxylic acids is 2. The molecule has 3 aromatic carbocycles. The lowest BCUT2D eigenvalue weighted by molar-refractivity contribution is -0.137. The van der Waals surface area contributed by atoms with Crippen molar-refractivity contribution >= 4 is 34.9 Å². The van der Waals surface area contributed by atoms with E-state index in [1.165, 1.54) is 16.0 Å². The summed E-state index contributed by atoms with van der Waals surface area (Å²) in [6.07, 6.45) is -4.11. The van der Waals surface area contributed by atoms with Crippen molar-refractivity contribution in [3.8, 4) is 0 Å². The summed E-state index contributed by atoms with van der Waals surface area (Å²) in [6, 6.07) is 18.8. The van der Waals surface area contributed by atoms with Crippen LogP contribution in [0.3, 0.4) is 0 Å². The number of amides is 2. The van der Waals surface area contributed by atoms with Crippen LogP contribution in [0.25, 0.3) is 0 Å². The maximum absolute atomic E-state index is 13.4. The number of para-hydroxylation sites is 1. The fourth-order valence-electron chi connectivity index (χ4n) is 4.60. The van der Waals surface area contributed by atoms with Crippen molar-refractivity contribution in [1.82, 2.24) is 15.6 Å². The number of aliphatic imine (C=N–C) groups is 1. The van der Waals surface area contributed by atoms with Gasteiger partial charge in [-0.05, 0) is 76.1 Å². The number of fused-ring (bicyclic) bond motifs is 1. The van der Waals surface area contributed by atoms with Crippen molar-refractivity contribution in [2.45, 2.75) is 51.6 Å². The Kier molecular flexibility index (Phi) is 7.37. The van der Waals surface area contributed by atoms with E-state index in [2.05, 4.69) is 15.7 Å². The van der Waals surface area contributed by atoms with Crippen LogP contribution in [0.1, 0.15) is 55.1 Å². The molecule has 2 aliphatic rings. The van der Waals surface area contributed by atoms with Crippen LogP contribution in [0.5, 0.6) is 0 Å². The summed E-state index contributed by atoms with van der Waals surface area (Å²) in [4.78, 5) is 31.6. The molecule has 0 bridgehead atoms. The number of anilines is 2. The molecule has 1 saturated heterocycles. The van der Waals surface area contributed by atoms with Crippen LogP contribution in [0.4, 0.5) is 35.0 Å². The normalized spacial score (nSPS) is 16.9. The molecule has 1 N–H and O–H groups in total. The first-order valence-corrected chi connectivity index (χ1v) is 13.2. The van der Waals surface area contributed by atoms with Crippen molar-refractivity contribution in [3.63, 3.8) is 0 Å². The quantitative estimate of drug-likeness (QED) is 0.390. The van der Waals surface area contributed by atoms with E-state index >= 15 is 0 Å². The van der Waals surface area contributed by atoms with E-state index in [1.54, 1.807) is 75.4 Å². The second-order valence-electron chi connectivity index (χ2n) is 10.8. The van der Waals surface area contributed by atoms with Gasteiger partial charge in [0.2, 0.25) is 0 Å². The Morgan fingerprint density at radius 3 is 2.34 bits per heavy atom. The van der Waals surface area contributed by atoms with Crippen molar-refractivity contribution in [1.29, 1.82) is 0 Å². The fourth-order valence-corrected chi connectivity index (χ4v) is 4.60. The van der Waals surface area contributed by atoms with Crippen molar-refractivity contribution in [3.05, 3.63) is 89.5 Å². The molecule has 2 heterocycles. The Balaban J connectivity index is 1.36. The first-order chi connectivity index (χ1) is 19.4. The number of rotatable bonds is 4. The lowest BCUT2D eigenvalue weighted by Gasteiger charge is -2.30. The molecule has 1 atom stereocenters. The lowest BCUT2D eigenvalue weighted by Crippen LogP contribution is -2.48. The molecular weight excluding hydrogens is 535 g/mol. The zero-order valence-corrected chi connectivity index (χ0v) is 22.8. The Morgan fingerprint density at radius 2 is 1.68 bits per heavy atom. The smallest absolute Gasteiger partial charge is 0.416 e. The summed E-state index contributed by atoms with van der Waals surface area (Å²) in [6.45, 7) is 5.85. The summed E-state index contributed by atoms with van der Waals surface area (Å²) in [5.41, 5.74) is 5.17. The average molecular weight is 565 g/mol. The topological polar surface area (TPSA) is 88.3 Å². The second kappa shape index (κ2) is 10.8. The van der Waals surface area contributed by atoms with Crippen molar-refractivity contribution in [2.24, 2.45) is 4.99 Å². The minimum atomic E-state index is -4.51. The van der Waals surface area contributed by atoms with Gasteiger partial charge in [-0.3, -0.25) is 9.69 Å². The largest absolute Gasteiger partial charge is 0.444 e. The maximum atomic E-state index is 13.4. The summed E-state index contributed by atoms with van der Waals surface area (Å²) in [7, 11) is 0. The molecule has 8 nitrogen and oxygen atoms in total. The van der Waals surface area contributed by atoms with E-state index in [0.29, 0.717) is 35.5 Å². The Bertz CT molecular complexity index is 1470. The lowest BCUT2D eigenvalue weighted by atomic mass is 10.1. The highest BCUT2D eigenvalue weighted by atomic mass is 19.4. The van der Waals surface area contributed by atoms with Crippen LogP contribution in [0.2, 0.25) is 0 Å². The number of benzene rings is 3. The van der Waals surface area contributed by atoms with E-state index in [1.807, 2.05) is 0 Å². The molecule has 1 radical (unpaired) electrons. The van der Waals surface area contributed by atoms with Crippen LogP contribution in [0, 0.1) is 0 Å².